The van der Waals surface area contributed by atoms with Crippen molar-refractivity contribution in [1.82, 2.24) is 15.3 Å². The van der Waals surface area contributed by atoms with Gasteiger partial charge in [0.2, 0.25) is 0 Å². The number of nitrogens with one attached hydrogen (secondary N) is 1. The number of nitrogens with zero attached hydrogens (tertiary/aromatic N) is 2. The van der Waals surface area contributed by atoms with Crippen LogP contribution in [0.4, 0.5) is 0 Å². The van der Waals surface area contributed by atoms with Crippen molar-refractivity contribution in [2.24, 2.45) is 5.73 Å². The largest absolute Gasteiger partial charge is 0.346 e. The number of thiazole rings is 2. The molecule has 0 spiro atoms. The first kappa shape index (κ1) is 12.2. The quantitative estimate of drug-likeness (QED) is 0.875. The van der Waals surface area contributed by atoms with Crippen LogP contribution in [0.25, 0.3) is 0 Å². The van der Waals surface area contributed by atoms with E-state index >= 15 is 0 Å². The highest BCUT2D eigenvalue weighted by Gasteiger charge is 2.10. The van der Waals surface area contributed by atoms with E-state index in [-0.39, 0.29) is 5.91 Å². The summed E-state index contributed by atoms with van der Waals surface area (Å²) in [5, 5.41) is 5.30. The summed E-state index contributed by atoms with van der Waals surface area (Å²) in [7, 11) is 0. The molecule has 2 aromatic heterocycles. The van der Waals surface area contributed by atoms with Gasteiger partial charge in [0.15, 0.2) is 0 Å². The number of rotatable bonds is 4. The van der Waals surface area contributed by atoms with Gasteiger partial charge in [0.1, 0.15) is 10.7 Å². The molecule has 0 unspecified atom stereocenters. The number of nitrogens with two attached hydrogens (primary N) is 1. The molecule has 5 nitrogen and oxygen atoms in total. The molecular weight excluding hydrogens is 256 g/mol. The number of hydrogen-bond donors (Lipinski definition) is 2. The van der Waals surface area contributed by atoms with Crippen molar-refractivity contribution in [2.45, 2.75) is 20.0 Å². The van der Waals surface area contributed by atoms with Crippen LogP contribution in [0.3, 0.4) is 0 Å². The lowest BCUT2D eigenvalue weighted by Crippen LogP contribution is -2.23. The molecule has 2 rings (SSSR count). The highest BCUT2D eigenvalue weighted by atomic mass is 32.1. The van der Waals surface area contributed by atoms with Crippen molar-refractivity contribution < 1.29 is 4.79 Å². The van der Waals surface area contributed by atoms with E-state index in [1.807, 2.05) is 6.92 Å². The predicted octanol–water partition coefficient (Wildman–Crippen LogP) is 1.30. The molecule has 7 heteroatoms. The van der Waals surface area contributed by atoms with Crippen LogP contribution in [0, 0.1) is 6.92 Å². The van der Waals surface area contributed by atoms with Crippen LogP contribution >= 0.6 is 22.7 Å². The van der Waals surface area contributed by atoms with Crippen molar-refractivity contribution in [3.8, 4) is 0 Å². The third-order valence-electron chi connectivity index (χ3n) is 2.21. The molecule has 2 heterocycles. The first-order valence-corrected chi connectivity index (χ1v) is 6.78. The van der Waals surface area contributed by atoms with E-state index in [4.69, 9.17) is 5.73 Å². The van der Waals surface area contributed by atoms with Gasteiger partial charge in [0.05, 0.1) is 17.7 Å². The Bertz CT molecular complexity index is 520. The van der Waals surface area contributed by atoms with E-state index in [0.29, 0.717) is 18.8 Å². The molecule has 0 aliphatic heterocycles. The average molecular weight is 268 g/mol. The lowest BCUT2D eigenvalue weighted by Gasteiger charge is -2.01. The van der Waals surface area contributed by atoms with Gasteiger partial charge in [-0.1, -0.05) is 0 Å². The van der Waals surface area contributed by atoms with Crippen LogP contribution in [-0.4, -0.2) is 15.9 Å². The smallest absolute Gasteiger partial charge is 0.271 e. The van der Waals surface area contributed by atoms with Crippen molar-refractivity contribution in [3.05, 3.63) is 32.2 Å². The molecule has 1 amide bonds. The zero-order valence-corrected chi connectivity index (χ0v) is 10.9. The van der Waals surface area contributed by atoms with Gasteiger partial charge < -0.3 is 11.1 Å². The van der Waals surface area contributed by atoms with Crippen molar-refractivity contribution in [3.63, 3.8) is 0 Å². The third-order valence-corrected chi connectivity index (χ3v) is 4.02. The standard InChI is InChI=1S/C10H12N4OS2/c1-6-8(17-5-13-6)3-12-10(15)7-4-16-9(2-11)14-7/h4-5H,2-3,11H2,1H3,(H,12,15). The second-order valence-electron chi connectivity index (χ2n) is 3.37. The maximum absolute atomic E-state index is 11.8. The Balaban J connectivity index is 1.95. The molecule has 0 aliphatic carbocycles. The molecule has 0 bridgehead atoms. The minimum atomic E-state index is -0.172. The molecule has 0 fully saturated rings. The SMILES string of the molecule is Cc1ncsc1CNC(=O)c1csc(CN)n1. The van der Waals surface area contributed by atoms with Crippen LogP contribution in [-0.2, 0) is 13.1 Å². The second kappa shape index (κ2) is 5.35. The summed E-state index contributed by atoms with van der Waals surface area (Å²) in [4.78, 5) is 21.1. The van der Waals surface area contributed by atoms with E-state index in [1.165, 1.54) is 22.7 Å². The van der Waals surface area contributed by atoms with Gasteiger partial charge in [-0.15, -0.1) is 22.7 Å². The summed E-state index contributed by atoms with van der Waals surface area (Å²) < 4.78 is 0. The Morgan fingerprint density at radius 3 is 2.94 bits per heavy atom. The van der Waals surface area contributed by atoms with Gasteiger partial charge in [0.25, 0.3) is 5.91 Å². The van der Waals surface area contributed by atoms with Gasteiger partial charge in [0, 0.05) is 16.8 Å². The third kappa shape index (κ3) is 2.87. The maximum atomic E-state index is 11.8. The van der Waals surface area contributed by atoms with E-state index in [1.54, 1.807) is 10.9 Å². The summed E-state index contributed by atoms with van der Waals surface area (Å²) in [6.07, 6.45) is 0. The first-order valence-electron chi connectivity index (χ1n) is 5.02. The number of carbonyl (C=O) groups is 1. The maximum Gasteiger partial charge on any atom is 0.271 e. The van der Waals surface area contributed by atoms with Gasteiger partial charge in [-0.25, -0.2) is 9.97 Å². The second-order valence-corrected chi connectivity index (χ2v) is 5.26. The topological polar surface area (TPSA) is 80.9 Å². The molecule has 17 heavy (non-hydrogen) atoms. The van der Waals surface area contributed by atoms with E-state index in [9.17, 15) is 4.79 Å². The molecule has 0 aliphatic rings. The van der Waals surface area contributed by atoms with Gasteiger partial charge in [-0.3, -0.25) is 4.79 Å². The van der Waals surface area contributed by atoms with Crippen molar-refractivity contribution >= 4 is 28.6 Å². The van der Waals surface area contributed by atoms with Crippen LogP contribution < -0.4 is 11.1 Å². The van der Waals surface area contributed by atoms with Crippen LogP contribution in [0.15, 0.2) is 10.9 Å². The minimum Gasteiger partial charge on any atom is -0.346 e. The fourth-order valence-electron chi connectivity index (χ4n) is 1.26. The fourth-order valence-corrected chi connectivity index (χ4v) is 2.63. The van der Waals surface area contributed by atoms with E-state index in [2.05, 4.69) is 15.3 Å². The number of carbonyl (C=O) groups excluding carboxylic acids is 1. The molecule has 0 saturated carbocycles. The highest BCUT2D eigenvalue weighted by molar-refractivity contribution is 7.10. The number of aryl methyl sites for hydroxylation is 1. The molecule has 0 saturated heterocycles. The number of aromatic nitrogens is 2. The van der Waals surface area contributed by atoms with Crippen molar-refractivity contribution in [1.29, 1.82) is 0 Å². The Morgan fingerprint density at radius 2 is 2.35 bits per heavy atom. The molecule has 0 radical (unpaired) electrons. The monoisotopic (exact) mass is 268 g/mol. The van der Waals surface area contributed by atoms with Gasteiger partial charge >= 0.3 is 0 Å². The van der Waals surface area contributed by atoms with E-state index < -0.39 is 0 Å². The average Bonchev–Trinajstić information content (AvgIpc) is 2.94. The van der Waals surface area contributed by atoms with Gasteiger partial charge in [-0.05, 0) is 6.92 Å². The lowest BCUT2D eigenvalue weighted by atomic mass is 10.3. The number of amides is 1. The molecule has 2 aromatic rings. The molecule has 90 valence electrons. The highest BCUT2D eigenvalue weighted by Crippen LogP contribution is 2.12. The predicted molar refractivity (Wildman–Crippen MR) is 68.0 cm³/mol. The Kier molecular flexibility index (Phi) is 3.82. The van der Waals surface area contributed by atoms with Gasteiger partial charge in [-0.2, -0.15) is 0 Å². The Morgan fingerprint density at radius 1 is 1.53 bits per heavy atom. The molecule has 0 atom stereocenters. The Hall–Kier alpha value is -1.31. The van der Waals surface area contributed by atoms with Crippen molar-refractivity contribution in [2.75, 3.05) is 0 Å². The zero-order chi connectivity index (χ0) is 12.3. The summed E-state index contributed by atoms with van der Waals surface area (Å²) in [6.45, 7) is 2.78. The molecule has 0 aromatic carbocycles. The summed E-state index contributed by atoms with van der Waals surface area (Å²) in [5.41, 5.74) is 8.60. The first-order chi connectivity index (χ1) is 8.20. The van der Waals surface area contributed by atoms with Crippen LogP contribution in [0.2, 0.25) is 0 Å². The molecule has 3 N–H and O–H groups in total. The lowest BCUT2D eigenvalue weighted by molar-refractivity contribution is 0.0947. The summed E-state index contributed by atoms with van der Waals surface area (Å²) in [5.74, 6) is -0.172. The summed E-state index contributed by atoms with van der Waals surface area (Å²) >= 11 is 2.93. The minimum absolute atomic E-state index is 0.172. The van der Waals surface area contributed by atoms with Crippen LogP contribution in [0.1, 0.15) is 26.1 Å². The number of hydrogen-bond acceptors (Lipinski definition) is 6. The summed E-state index contributed by atoms with van der Waals surface area (Å²) in [6, 6.07) is 0. The van der Waals surface area contributed by atoms with Crippen LogP contribution in [0.5, 0.6) is 0 Å². The van der Waals surface area contributed by atoms with E-state index in [0.717, 1.165) is 15.6 Å². The normalized spacial score (nSPS) is 10.5. The fraction of sp³-hybridized carbons (Fsp3) is 0.300. The zero-order valence-electron chi connectivity index (χ0n) is 9.27. The molecular formula is C10H12N4OS2. The Labute approximate surface area is 107 Å².